The molecule has 1 aromatic heterocycles. The maximum atomic E-state index is 15.0. The Labute approximate surface area is 251 Å². The number of anilines is 3. The third-order valence-electron chi connectivity index (χ3n) is 7.38. The molecule has 1 saturated heterocycles. The lowest BCUT2D eigenvalue weighted by Crippen LogP contribution is -2.34. The zero-order chi connectivity index (χ0) is 30.3. The normalized spacial score (nSPS) is 15.0. The fourth-order valence-electron chi connectivity index (χ4n) is 5.10. The zero-order valence-electron chi connectivity index (χ0n) is 24.8. The summed E-state index contributed by atoms with van der Waals surface area (Å²) in [7, 11) is 3.62. The molecule has 4 aromatic rings. The average molecular weight is 586 g/mol. The number of rotatable bonds is 10. The average Bonchev–Trinajstić information content (AvgIpc) is 2.99. The van der Waals surface area contributed by atoms with Crippen LogP contribution in [0.3, 0.4) is 0 Å². The van der Waals surface area contributed by atoms with Gasteiger partial charge in [0.2, 0.25) is 11.8 Å². The molecule has 0 saturated carbocycles. The summed E-state index contributed by atoms with van der Waals surface area (Å²) < 4.78 is 32.3. The van der Waals surface area contributed by atoms with E-state index < -0.39 is 11.7 Å². The van der Waals surface area contributed by atoms with Crippen LogP contribution in [-0.2, 0) is 0 Å². The number of aryl methyl sites for hydroxylation is 2. The second-order valence-corrected chi connectivity index (χ2v) is 10.7. The number of nitrogens with one attached hydrogen (secondary N) is 2. The topological polar surface area (TPSA) is 97.8 Å². The number of halogens is 1. The minimum Gasteiger partial charge on any atom is -0.493 e. The zero-order valence-corrected chi connectivity index (χ0v) is 24.8. The van der Waals surface area contributed by atoms with E-state index in [2.05, 4.69) is 32.5 Å². The van der Waals surface area contributed by atoms with Crippen LogP contribution in [0.4, 0.5) is 21.7 Å². The van der Waals surface area contributed by atoms with E-state index in [4.69, 9.17) is 14.2 Å². The number of ether oxygens (including phenoxy) is 3. The van der Waals surface area contributed by atoms with Gasteiger partial charge in [-0.25, -0.2) is 9.37 Å². The number of hydrogen-bond donors (Lipinski definition) is 2. The molecule has 0 aliphatic carbocycles. The van der Waals surface area contributed by atoms with Crippen molar-refractivity contribution in [2.75, 3.05) is 44.5 Å². The van der Waals surface area contributed by atoms with Crippen molar-refractivity contribution < 1.29 is 23.4 Å². The molecule has 1 fully saturated rings. The van der Waals surface area contributed by atoms with Gasteiger partial charge in [-0.3, -0.25) is 4.79 Å². The second kappa shape index (κ2) is 13.5. The van der Waals surface area contributed by atoms with Crippen molar-refractivity contribution in [1.29, 1.82) is 0 Å². The maximum Gasteiger partial charge on any atom is 0.262 e. The summed E-state index contributed by atoms with van der Waals surface area (Å²) in [5, 5.41) is 5.96. The van der Waals surface area contributed by atoms with Crippen LogP contribution >= 0.6 is 0 Å². The van der Waals surface area contributed by atoms with Crippen LogP contribution < -0.4 is 24.8 Å². The molecular weight excluding hydrogens is 549 g/mol. The minimum absolute atomic E-state index is 0.00335. The molecule has 1 aliphatic heterocycles. The predicted molar refractivity (Wildman–Crippen MR) is 164 cm³/mol. The van der Waals surface area contributed by atoms with Gasteiger partial charge in [0.1, 0.15) is 5.56 Å². The maximum absolute atomic E-state index is 15.0. The smallest absolute Gasteiger partial charge is 0.262 e. The van der Waals surface area contributed by atoms with E-state index in [-0.39, 0.29) is 23.1 Å². The quantitative estimate of drug-likeness (QED) is 0.211. The van der Waals surface area contributed by atoms with Crippen molar-refractivity contribution in [2.24, 2.45) is 5.92 Å². The van der Waals surface area contributed by atoms with Gasteiger partial charge in [0.05, 0.1) is 13.7 Å². The molecule has 10 heteroatoms. The lowest BCUT2D eigenvalue weighted by atomic mass is 10.00. The van der Waals surface area contributed by atoms with Gasteiger partial charge in [-0.1, -0.05) is 30.3 Å². The fraction of sp³-hybridized carbons (Fsp3) is 0.303. The Morgan fingerprint density at radius 3 is 2.53 bits per heavy atom. The number of benzene rings is 3. The number of carbonyl (C=O) groups is 1. The highest BCUT2D eigenvalue weighted by atomic mass is 19.1. The highest BCUT2D eigenvalue weighted by Crippen LogP contribution is 2.33. The van der Waals surface area contributed by atoms with Crippen molar-refractivity contribution in [3.05, 3.63) is 89.4 Å². The Hall–Kier alpha value is -4.70. The fourth-order valence-corrected chi connectivity index (χ4v) is 5.10. The summed E-state index contributed by atoms with van der Waals surface area (Å²) in [6.07, 6.45) is 3.56. The predicted octanol–water partition coefficient (Wildman–Crippen LogP) is 6.75. The van der Waals surface area contributed by atoms with Crippen LogP contribution in [0.1, 0.15) is 34.3 Å². The summed E-state index contributed by atoms with van der Waals surface area (Å²) in [4.78, 5) is 24.5. The Bertz CT molecular complexity index is 1580. The van der Waals surface area contributed by atoms with Gasteiger partial charge in [0, 0.05) is 36.1 Å². The molecule has 9 nitrogen and oxygen atoms in total. The summed E-state index contributed by atoms with van der Waals surface area (Å²) in [6, 6.07) is 17.4. The molecule has 1 atom stereocenters. The van der Waals surface area contributed by atoms with Crippen LogP contribution in [-0.4, -0.2) is 54.6 Å². The molecule has 3 aromatic carbocycles. The molecule has 1 unspecified atom stereocenters. The van der Waals surface area contributed by atoms with Crippen molar-refractivity contribution >= 4 is 23.2 Å². The Morgan fingerprint density at radius 2 is 1.81 bits per heavy atom. The summed E-state index contributed by atoms with van der Waals surface area (Å²) in [6.45, 7) is 6.32. The van der Waals surface area contributed by atoms with Gasteiger partial charge in [0.25, 0.3) is 5.91 Å². The standard InChI is InChI=1S/C33H36FN5O4/c1-21-9-7-10-22(2)30(21)37-31(40)25-18-35-33(38-32(25)43-29-13-6-5-12-28(29)41-4)36-24-14-15-27(26(34)17-24)42-20-23-11-8-16-39(3)19-23/h5-7,9-10,12-15,17-18,23H,8,11,16,19-20H2,1-4H3,(H,37,40)(H,35,36,38). The Balaban J connectivity index is 1.37. The minimum atomic E-state index is -0.496. The first kappa shape index (κ1) is 29.8. The number of piperidine rings is 1. The van der Waals surface area contributed by atoms with Gasteiger partial charge in [0.15, 0.2) is 23.1 Å². The van der Waals surface area contributed by atoms with E-state index in [9.17, 15) is 9.18 Å². The monoisotopic (exact) mass is 585 g/mol. The molecule has 0 radical (unpaired) electrons. The van der Waals surface area contributed by atoms with Crippen LogP contribution in [0.25, 0.3) is 0 Å². The van der Waals surface area contributed by atoms with Gasteiger partial charge >= 0.3 is 0 Å². The van der Waals surface area contributed by atoms with Crippen LogP contribution in [0, 0.1) is 25.6 Å². The Kier molecular flexibility index (Phi) is 9.36. The van der Waals surface area contributed by atoms with Crippen molar-refractivity contribution in [1.82, 2.24) is 14.9 Å². The molecule has 224 valence electrons. The first-order valence-electron chi connectivity index (χ1n) is 14.2. The number of hydrogen-bond acceptors (Lipinski definition) is 8. The van der Waals surface area contributed by atoms with Gasteiger partial charge in [-0.15, -0.1) is 0 Å². The molecule has 0 bridgehead atoms. The summed E-state index contributed by atoms with van der Waals surface area (Å²) in [5.74, 6) is 0.585. The highest BCUT2D eigenvalue weighted by Gasteiger charge is 2.21. The Morgan fingerprint density at radius 1 is 1.05 bits per heavy atom. The molecule has 2 N–H and O–H groups in total. The van der Waals surface area contributed by atoms with E-state index in [0.717, 1.165) is 37.1 Å². The van der Waals surface area contributed by atoms with E-state index in [1.54, 1.807) is 30.3 Å². The molecule has 1 amide bonds. The SMILES string of the molecule is COc1ccccc1Oc1nc(Nc2ccc(OCC3CCCN(C)C3)c(F)c2)ncc1C(=O)Nc1c(C)cccc1C. The van der Waals surface area contributed by atoms with Crippen molar-refractivity contribution in [2.45, 2.75) is 26.7 Å². The van der Waals surface area contributed by atoms with Gasteiger partial charge < -0.3 is 29.7 Å². The largest absolute Gasteiger partial charge is 0.493 e. The summed E-state index contributed by atoms with van der Waals surface area (Å²) >= 11 is 0. The number of aromatic nitrogens is 2. The highest BCUT2D eigenvalue weighted by molar-refractivity contribution is 6.06. The van der Waals surface area contributed by atoms with Crippen LogP contribution in [0.2, 0.25) is 0 Å². The first-order chi connectivity index (χ1) is 20.8. The lowest BCUT2D eigenvalue weighted by molar-refractivity contribution is 0.102. The van der Waals surface area contributed by atoms with Gasteiger partial charge in [-0.05, 0) is 75.7 Å². The molecule has 1 aliphatic rings. The third-order valence-corrected chi connectivity index (χ3v) is 7.38. The van der Waals surface area contributed by atoms with Gasteiger partial charge in [-0.2, -0.15) is 4.98 Å². The number of likely N-dealkylation sites (tertiary alicyclic amines) is 1. The molecule has 43 heavy (non-hydrogen) atoms. The van der Waals surface area contributed by atoms with Crippen molar-refractivity contribution in [3.63, 3.8) is 0 Å². The lowest BCUT2D eigenvalue weighted by Gasteiger charge is -2.29. The summed E-state index contributed by atoms with van der Waals surface area (Å²) in [5.41, 5.74) is 3.06. The third kappa shape index (κ3) is 7.39. The molecular formula is C33H36FN5O4. The molecule has 0 spiro atoms. The van der Waals surface area contributed by atoms with Crippen LogP contribution in [0.15, 0.2) is 66.9 Å². The molecule has 5 rings (SSSR count). The number of nitrogens with zero attached hydrogens (tertiary/aromatic N) is 3. The first-order valence-corrected chi connectivity index (χ1v) is 14.2. The molecule has 2 heterocycles. The van der Waals surface area contributed by atoms with Crippen molar-refractivity contribution in [3.8, 4) is 23.1 Å². The van der Waals surface area contributed by atoms with E-state index in [0.29, 0.717) is 35.4 Å². The van der Waals surface area contributed by atoms with Crippen LogP contribution in [0.5, 0.6) is 23.1 Å². The van der Waals surface area contributed by atoms with E-state index in [1.807, 2.05) is 38.1 Å². The number of carbonyl (C=O) groups excluding carboxylic acids is 1. The second-order valence-electron chi connectivity index (χ2n) is 10.7. The number of para-hydroxylation sites is 3. The number of methoxy groups -OCH3 is 1. The number of amides is 1. The van der Waals surface area contributed by atoms with E-state index >= 15 is 0 Å². The van der Waals surface area contributed by atoms with E-state index in [1.165, 1.54) is 19.4 Å².